The van der Waals surface area contributed by atoms with Crippen molar-refractivity contribution in [2.75, 3.05) is 34.0 Å². The minimum atomic E-state index is -0.683. The fourth-order valence-electron chi connectivity index (χ4n) is 1.10. The molecule has 5 nitrogen and oxygen atoms in total. The van der Waals surface area contributed by atoms with Crippen molar-refractivity contribution in [2.45, 2.75) is 27.1 Å². The zero-order valence-corrected chi connectivity index (χ0v) is 10.7. The minimum Gasteiger partial charge on any atom is -0.469 e. The highest BCUT2D eigenvalue weighted by atomic mass is 16.7. The summed E-state index contributed by atoms with van der Waals surface area (Å²) in [6.07, 6.45) is -0.445. The molecule has 0 heterocycles. The number of carbonyl (C=O) groups excluding carboxylic acids is 1. The molecule has 0 saturated carbocycles. The van der Waals surface area contributed by atoms with Gasteiger partial charge in [-0.3, -0.25) is 4.79 Å². The predicted molar refractivity (Wildman–Crippen MR) is 59.0 cm³/mol. The molecule has 0 aromatic carbocycles. The Morgan fingerprint density at radius 2 is 1.88 bits per heavy atom. The van der Waals surface area contributed by atoms with Crippen molar-refractivity contribution in [3.05, 3.63) is 0 Å². The second kappa shape index (κ2) is 7.60. The summed E-state index contributed by atoms with van der Waals surface area (Å²) in [5.41, 5.74) is -0.683. The van der Waals surface area contributed by atoms with Crippen molar-refractivity contribution in [3.63, 3.8) is 0 Å². The average Bonchev–Trinajstić information content (AvgIpc) is 2.25. The molecule has 0 rings (SSSR count). The number of hydrogen-bond acceptors (Lipinski definition) is 5. The molecule has 0 aromatic heterocycles. The highest BCUT2D eigenvalue weighted by Gasteiger charge is 2.30. The first-order chi connectivity index (χ1) is 7.47. The molecule has 16 heavy (non-hydrogen) atoms. The average molecular weight is 234 g/mol. The van der Waals surface area contributed by atoms with Crippen molar-refractivity contribution in [1.82, 2.24) is 0 Å². The van der Waals surface area contributed by atoms with Gasteiger partial charge in [0.1, 0.15) is 0 Å². The lowest BCUT2D eigenvalue weighted by Gasteiger charge is -2.24. The van der Waals surface area contributed by atoms with Crippen LogP contribution < -0.4 is 0 Å². The Morgan fingerprint density at radius 1 is 1.25 bits per heavy atom. The van der Waals surface area contributed by atoms with E-state index in [0.717, 1.165) is 0 Å². The van der Waals surface area contributed by atoms with Gasteiger partial charge in [-0.1, -0.05) is 0 Å². The molecular formula is C11H22O5. The van der Waals surface area contributed by atoms with E-state index in [9.17, 15) is 4.79 Å². The summed E-state index contributed by atoms with van der Waals surface area (Å²) in [4.78, 5) is 11.4. The van der Waals surface area contributed by atoms with Gasteiger partial charge in [0.2, 0.25) is 0 Å². The highest BCUT2D eigenvalue weighted by Crippen LogP contribution is 2.18. The van der Waals surface area contributed by atoms with Crippen LogP contribution in [0.25, 0.3) is 0 Å². The van der Waals surface area contributed by atoms with Crippen LogP contribution >= 0.6 is 0 Å². The normalized spacial score (nSPS) is 13.6. The molecule has 0 aliphatic heterocycles. The summed E-state index contributed by atoms with van der Waals surface area (Å²) >= 11 is 0. The smallest absolute Gasteiger partial charge is 0.313 e. The third-order valence-corrected chi connectivity index (χ3v) is 2.02. The van der Waals surface area contributed by atoms with Gasteiger partial charge in [0.15, 0.2) is 6.29 Å². The third kappa shape index (κ3) is 5.44. The van der Waals surface area contributed by atoms with Crippen LogP contribution in [0.2, 0.25) is 0 Å². The first kappa shape index (κ1) is 15.3. The maximum Gasteiger partial charge on any atom is 0.313 e. The van der Waals surface area contributed by atoms with Crippen molar-refractivity contribution in [1.29, 1.82) is 0 Å². The summed E-state index contributed by atoms with van der Waals surface area (Å²) in [5, 5.41) is 0. The summed E-state index contributed by atoms with van der Waals surface area (Å²) in [7, 11) is 2.93. The third-order valence-electron chi connectivity index (χ3n) is 2.02. The predicted octanol–water partition coefficient (Wildman–Crippen LogP) is 1.21. The number of rotatable bonds is 8. The number of esters is 1. The molecule has 0 radical (unpaired) electrons. The topological polar surface area (TPSA) is 54.0 Å². The fraction of sp³-hybridized carbons (Fsp3) is 0.909. The quantitative estimate of drug-likeness (QED) is 0.467. The standard InChI is InChI=1S/C11H22O5/c1-6-15-9(7-13-4)16-8-11(2,3)10(12)14-5/h9H,6-8H2,1-5H3. The van der Waals surface area contributed by atoms with Crippen molar-refractivity contribution in [2.24, 2.45) is 5.41 Å². The van der Waals surface area contributed by atoms with E-state index in [4.69, 9.17) is 14.2 Å². The first-order valence-corrected chi connectivity index (χ1v) is 5.28. The van der Waals surface area contributed by atoms with Crippen LogP contribution in [0.4, 0.5) is 0 Å². The van der Waals surface area contributed by atoms with E-state index in [1.807, 2.05) is 6.92 Å². The first-order valence-electron chi connectivity index (χ1n) is 5.28. The lowest BCUT2D eigenvalue weighted by molar-refractivity contribution is -0.187. The van der Waals surface area contributed by atoms with Crippen LogP contribution in [0.3, 0.4) is 0 Å². The van der Waals surface area contributed by atoms with E-state index < -0.39 is 11.7 Å². The van der Waals surface area contributed by atoms with Gasteiger partial charge in [0.05, 0.1) is 25.7 Å². The van der Waals surface area contributed by atoms with Crippen LogP contribution in [0.15, 0.2) is 0 Å². The molecule has 5 heteroatoms. The molecule has 1 atom stereocenters. The maximum atomic E-state index is 11.4. The lowest BCUT2D eigenvalue weighted by atomic mass is 9.95. The maximum absolute atomic E-state index is 11.4. The van der Waals surface area contributed by atoms with Gasteiger partial charge >= 0.3 is 5.97 Å². The Bertz CT molecular complexity index is 197. The molecule has 96 valence electrons. The molecule has 0 amide bonds. The van der Waals surface area contributed by atoms with Gasteiger partial charge in [-0.25, -0.2) is 0 Å². The Kier molecular flexibility index (Phi) is 7.29. The van der Waals surface area contributed by atoms with Gasteiger partial charge < -0.3 is 18.9 Å². The summed E-state index contributed by atoms with van der Waals surface area (Å²) in [5.74, 6) is -0.305. The Balaban J connectivity index is 4.12. The molecule has 0 N–H and O–H groups in total. The largest absolute Gasteiger partial charge is 0.469 e. The number of ether oxygens (including phenoxy) is 4. The molecule has 0 aliphatic rings. The van der Waals surface area contributed by atoms with Crippen LogP contribution in [0.1, 0.15) is 20.8 Å². The molecule has 0 saturated heterocycles. The van der Waals surface area contributed by atoms with Crippen LogP contribution in [-0.2, 0) is 23.7 Å². The van der Waals surface area contributed by atoms with Crippen LogP contribution in [-0.4, -0.2) is 46.3 Å². The molecule has 0 aromatic rings. The summed E-state index contributed by atoms with van der Waals surface area (Å²) in [6.45, 7) is 6.49. The van der Waals surface area contributed by atoms with Gasteiger partial charge in [-0.15, -0.1) is 0 Å². The Hall–Kier alpha value is -0.650. The van der Waals surface area contributed by atoms with Gasteiger partial charge in [0, 0.05) is 13.7 Å². The number of hydrogen-bond donors (Lipinski definition) is 0. The Labute approximate surface area is 97.0 Å². The van der Waals surface area contributed by atoms with Gasteiger partial charge in [0.25, 0.3) is 0 Å². The summed E-state index contributed by atoms with van der Waals surface area (Å²) < 4.78 is 20.4. The van der Waals surface area contributed by atoms with Crippen LogP contribution in [0, 0.1) is 5.41 Å². The SMILES string of the molecule is CCOC(COC)OCC(C)(C)C(=O)OC. The molecular weight excluding hydrogens is 212 g/mol. The highest BCUT2D eigenvalue weighted by molar-refractivity contribution is 5.75. The van der Waals surface area contributed by atoms with Crippen LogP contribution in [0.5, 0.6) is 0 Å². The van der Waals surface area contributed by atoms with Gasteiger partial charge in [-0.05, 0) is 20.8 Å². The van der Waals surface area contributed by atoms with E-state index in [0.29, 0.717) is 13.2 Å². The van der Waals surface area contributed by atoms with Crippen molar-refractivity contribution in [3.8, 4) is 0 Å². The van der Waals surface area contributed by atoms with Crippen molar-refractivity contribution >= 4 is 5.97 Å². The van der Waals surface area contributed by atoms with Gasteiger partial charge in [-0.2, -0.15) is 0 Å². The van der Waals surface area contributed by atoms with E-state index in [1.54, 1.807) is 21.0 Å². The minimum absolute atomic E-state index is 0.230. The molecule has 0 spiro atoms. The second-order valence-corrected chi connectivity index (χ2v) is 4.03. The molecule has 0 bridgehead atoms. The lowest BCUT2D eigenvalue weighted by Crippen LogP contribution is -2.34. The zero-order valence-electron chi connectivity index (χ0n) is 10.7. The molecule has 0 fully saturated rings. The summed E-state index contributed by atoms with van der Waals surface area (Å²) in [6, 6.07) is 0. The second-order valence-electron chi connectivity index (χ2n) is 4.03. The Morgan fingerprint density at radius 3 is 2.31 bits per heavy atom. The van der Waals surface area contributed by atoms with E-state index in [-0.39, 0.29) is 12.6 Å². The molecule has 1 unspecified atom stereocenters. The van der Waals surface area contributed by atoms with E-state index >= 15 is 0 Å². The van der Waals surface area contributed by atoms with Crippen molar-refractivity contribution < 1.29 is 23.7 Å². The van der Waals surface area contributed by atoms with E-state index in [1.165, 1.54) is 7.11 Å². The fourth-order valence-corrected chi connectivity index (χ4v) is 1.10. The number of methoxy groups -OCH3 is 2. The molecule has 0 aliphatic carbocycles. The zero-order chi connectivity index (χ0) is 12.6. The number of carbonyl (C=O) groups is 1. The van der Waals surface area contributed by atoms with E-state index in [2.05, 4.69) is 4.74 Å². The monoisotopic (exact) mass is 234 g/mol.